The van der Waals surface area contributed by atoms with Crippen molar-refractivity contribution in [1.82, 2.24) is 4.90 Å². The average molecular weight is 317 g/mol. The van der Waals surface area contributed by atoms with Crippen molar-refractivity contribution in [2.45, 2.75) is 19.8 Å². The van der Waals surface area contributed by atoms with E-state index in [4.69, 9.17) is 0 Å². The highest BCUT2D eigenvalue weighted by molar-refractivity contribution is 6.12. The molecule has 0 aromatic heterocycles. The summed E-state index contributed by atoms with van der Waals surface area (Å²) in [5.41, 5.74) is 0.668. The molecule has 8 heteroatoms. The Morgan fingerprint density at radius 3 is 2.52 bits per heavy atom. The molecular weight excluding hydrogens is 302 g/mol. The Balaban J connectivity index is 1.89. The van der Waals surface area contributed by atoms with Crippen molar-refractivity contribution in [3.8, 4) is 0 Å². The maximum atomic E-state index is 11.9. The largest absolute Gasteiger partial charge is 0.320 e. The van der Waals surface area contributed by atoms with Gasteiger partial charge in [0.1, 0.15) is 5.69 Å². The van der Waals surface area contributed by atoms with Crippen LogP contribution in [-0.4, -0.2) is 34.1 Å². The zero-order valence-corrected chi connectivity index (χ0v) is 12.4. The summed E-state index contributed by atoms with van der Waals surface area (Å²) in [6.07, 6.45) is 2.68. The van der Waals surface area contributed by atoms with Gasteiger partial charge in [0.25, 0.3) is 17.5 Å². The van der Waals surface area contributed by atoms with Crippen LogP contribution < -0.4 is 5.32 Å². The summed E-state index contributed by atoms with van der Waals surface area (Å²) >= 11 is 0. The molecule has 2 rings (SSSR count). The van der Waals surface area contributed by atoms with Crippen molar-refractivity contribution in [2.75, 3.05) is 11.9 Å². The maximum absolute atomic E-state index is 11.9. The Bertz CT molecular complexity index is 693. The lowest BCUT2D eigenvalue weighted by Gasteiger charge is -2.13. The standard InChI is InChI=1S/C15H15N3O5/c1-10-4-5-11(12(9-10)18(22)23)16-13(19)3-2-8-17-14(20)6-7-15(17)21/h4-7,9H,2-3,8H2,1H3,(H,16,19). The number of aryl methyl sites for hydroxylation is 1. The molecule has 1 aromatic rings. The van der Waals surface area contributed by atoms with E-state index >= 15 is 0 Å². The SMILES string of the molecule is Cc1ccc(NC(=O)CCCN2C(=O)C=CC2=O)c([N+](=O)[O-])c1. The molecule has 120 valence electrons. The minimum Gasteiger partial charge on any atom is -0.320 e. The summed E-state index contributed by atoms with van der Waals surface area (Å²) in [5, 5.41) is 13.5. The number of nitrogens with zero attached hydrogens (tertiary/aromatic N) is 2. The molecule has 0 atom stereocenters. The fourth-order valence-corrected chi connectivity index (χ4v) is 2.16. The summed E-state index contributed by atoms with van der Waals surface area (Å²) in [7, 11) is 0. The van der Waals surface area contributed by atoms with E-state index in [1.54, 1.807) is 13.0 Å². The highest BCUT2D eigenvalue weighted by Crippen LogP contribution is 2.25. The number of nitrogens with one attached hydrogen (secondary N) is 1. The lowest BCUT2D eigenvalue weighted by Crippen LogP contribution is -2.31. The van der Waals surface area contributed by atoms with Gasteiger partial charge in [0.05, 0.1) is 4.92 Å². The molecule has 1 heterocycles. The third-order valence-corrected chi connectivity index (χ3v) is 3.31. The molecule has 0 saturated heterocycles. The van der Waals surface area contributed by atoms with Crippen LogP contribution in [0.2, 0.25) is 0 Å². The molecule has 1 aromatic carbocycles. The van der Waals surface area contributed by atoms with Crippen LogP contribution in [0.15, 0.2) is 30.4 Å². The van der Waals surface area contributed by atoms with Crippen LogP contribution in [0.4, 0.5) is 11.4 Å². The smallest absolute Gasteiger partial charge is 0.293 e. The van der Waals surface area contributed by atoms with Gasteiger partial charge in [-0.3, -0.25) is 29.4 Å². The van der Waals surface area contributed by atoms with Crippen LogP contribution in [0, 0.1) is 17.0 Å². The lowest BCUT2D eigenvalue weighted by atomic mass is 10.2. The molecule has 0 aliphatic carbocycles. The summed E-state index contributed by atoms with van der Waals surface area (Å²) in [5.74, 6) is -1.21. The van der Waals surface area contributed by atoms with E-state index in [0.29, 0.717) is 5.56 Å². The Kier molecular flexibility index (Phi) is 4.85. The molecule has 8 nitrogen and oxygen atoms in total. The van der Waals surface area contributed by atoms with Gasteiger partial charge < -0.3 is 5.32 Å². The first kappa shape index (κ1) is 16.3. The Hall–Kier alpha value is -3.03. The number of amides is 3. The lowest BCUT2D eigenvalue weighted by molar-refractivity contribution is -0.384. The quantitative estimate of drug-likeness (QED) is 0.486. The minimum atomic E-state index is -0.560. The van der Waals surface area contributed by atoms with Gasteiger partial charge in [-0.25, -0.2) is 0 Å². The summed E-state index contributed by atoms with van der Waals surface area (Å²) in [4.78, 5) is 46.0. The van der Waals surface area contributed by atoms with Crippen molar-refractivity contribution >= 4 is 29.1 Å². The average Bonchev–Trinajstić information content (AvgIpc) is 2.80. The van der Waals surface area contributed by atoms with Gasteiger partial charge in [-0.2, -0.15) is 0 Å². The molecule has 0 unspecified atom stereocenters. The van der Waals surface area contributed by atoms with Crippen molar-refractivity contribution in [1.29, 1.82) is 0 Å². The normalized spacial score (nSPS) is 13.5. The predicted molar refractivity (Wildman–Crippen MR) is 81.6 cm³/mol. The molecular formula is C15H15N3O5. The summed E-state index contributed by atoms with van der Waals surface area (Å²) in [6, 6.07) is 4.52. The third-order valence-electron chi connectivity index (χ3n) is 3.31. The van der Waals surface area contributed by atoms with Gasteiger partial charge in [-0.1, -0.05) is 6.07 Å². The van der Waals surface area contributed by atoms with Gasteiger partial charge in [0, 0.05) is 31.2 Å². The second-order valence-corrected chi connectivity index (χ2v) is 5.09. The molecule has 1 aliphatic heterocycles. The number of anilines is 1. The number of nitro benzene ring substituents is 1. The van der Waals surface area contributed by atoms with Crippen LogP contribution in [0.3, 0.4) is 0 Å². The highest BCUT2D eigenvalue weighted by Gasteiger charge is 2.23. The molecule has 0 fully saturated rings. The number of nitro groups is 1. The first-order valence-corrected chi connectivity index (χ1v) is 6.97. The molecule has 0 bridgehead atoms. The van der Waals surface area contributed by atoms with E-state index < -0.39 is 22.6 Å². The van der Waals surface area contributed by atoms with Crippen LogP contribution in [0.5, 0.6) is 0 Å². The van der Waals surface area contributed by atoms with Crippen LogP contribution in [0.1, 0.15) is 18.4 Å². The fraction of sp³-hybridized carbons (Fsp3) is 0.267. The molecule has 0 radical (unpaired) electrons. The van der Waals surface area contributed by atoms with Crippen molar-refractivity contribution in [3.05, 3.63) is 46.0 Å². The van der Waals surface area contributed by atoms with Gasteiger partial charge in [0.2, 0.25) is 5.91 Å². The van der Waals surface area contributed by atoms with E-state index in [1.807, 2.05) is 0 Å². The monoisotopic (exact) mass is 317 g/mol. The van der Waals surface area contributed by atoms with Crippen LogP contribution >= 0.6 is 0 Å². The number of imide groups is 1. The van der Waals surface area contributed by atoms with Gasteiger partial charge in [-0.05, 0) is 25.0 Å². The van der Waals surface area contributed by atoms with Crippen LogP contribution in [0.25, 0.3) is 0 Å². The number of hydrogen-bond donors (Lipinski definition) is 1. The second kappa shape index (κ2) is 6.82. The van der Waals surface area contributed by atoms with E-state index in [1.165, 1.54) is 24.3 Å². The molecule has 0 spiro atoms. The molecule has 1 aliphatic rings. The molecule has 1 N–H and O–H groups in total. The minimum absolute atomic E-state index is 0.0437. The highest BCUT2D eigenvalue weighted by atomic mass is 16.6. The molecule has 23 heavy (non-hydrogen) atoms. The number of benzene rings is 1. The first-order valence-electron chi connectivity index (χ1n) is 6.97. The zero-order valence-electron chi connectivity index (χ0n) is 12.4. The van der Waals surface area contributed by atoms with Gasteiger partial charge in [-0.15, -0.1) is 0 Å². The van der Waals surface area contributed by atoms with Crippen molar-refractivity contribution < 1.29 is 19.3 Å². The molecule has 0 saturated carbocycles. The summed E-state index contributed by atoms with van der Waals surface area (Å²) < 4.78 is 0. The van der Waals surface area contributed by atoms with E-state index in [9.17, 15) is 24.5 Å². The topological polar surface area (TPSA) is 110 Å². The zero-order chi connectivity index (χ0) is 17.0. The van der Waals surface area contributed by atoms with Gasteiger partial charge in [0.15, 0.2) is 0 Å². The molecule has 3 amide bonds. The maximum Gasteiger partial charge on any atom is 0.293 e. The van der Waals surface area contributed by atoms with Gasteiger partial charge >= 0.3 is 0 Å². The number of rotatable bonds is 6. The van der Waals surface area contributed by atoms with Crippen LogP contribution in [-0.2, 0) is 14.4 Å². The second-order valence-electron chi connectivity index (χ2n) is 5.09. The van der Waals surface area contributed by atoms with E-state index in [0.717, 1.165) is 4.90 Å². The Labute approximate surface area is 131 Å². The Morgan fingerprint density at radius 1 is 1.26 bits per heavy atom. The van der Waals surface area contributed by atoms with E-state index in [2.05, 4.69) is 5.32 Å². The Morgan fingerprint density at radius 2 is 1.91 bits per heavy atom. The number of carbonyl (C=O) groups is 3. The number of carbonyl (C=O) groups excluding carboxylic acids is 3. The first-order chi connectivity index (χ1) is 10.9. The van der Waals surface area contributed by atoms with E-state index in [-0.39, 0.29) is 30.8 Å². The van der Waals surface area contributed by atoms with Crippen molar-refractivity contribution in [3.63, 3.8) is 0 Å². The summed E-state index contributed by atoms with van der Waals surface area (Å²) in [6.45, 7) is 1.85. The number of hydrogen-bond acceptors (Lipinski definition) is 5. The fourth-order valence-electron chi connectivity index (χ4n) is 2.16. The van der Waals surface area contributed by atoms with Crippen molar-refractivity contribution in [2.24, 2.45) is 0 Å². The third kappa shape index (κ3) is 4.00. The predicted octanol–water partition coefficient (Wildman–Crippen LogP) is 1.55.